The summed E-state index contributed by atoms with van der Waals surface area (Å²) in [6.45, 7) is 8.34. The van der Waals surface area contributed by atoms with Gasteiger partial charge in [-0.1, -0.05) is 60.2 Å². The van der Waals surface area contributed by atoms with Gasteiger partial charge in [0.2, 0.25) is 0 Å². The molecule has 0 radical (unpaired) electrons. The summed E-state index contributed by atoms with van der Waals surface area (Å²) in [5.74, 6) is 0.882. The monoisotopic (exact) mass is 406 g/mol. The second-order valence-corrected chi connectivity index (χ2v) is 7.86. The van der Waals surface area contributed by atoms with E-state index in [1.54, 1.807) is 7.11 Å². The Bertz CT molecular complexity index is 903. The van der Waals surface area contributed by atoms with Crippen LogP contribution in [0.2, 0.25) is 0 Å². The Hall–Kier alpha value is -2.61. The highest BCUT2D eigenvalue weighted by molar-refractivity contribution is 5.28. The molecule has 1 unspecified atom stereocenters. The molecule has 3 aromatic rings. The van der Waals surface area contributed by atoms with E-state index in [2.05, 4.69) is 86.8 Å². The lowest BCUT2D eigenvalue weighted by Gasteiger charge is -2.39. The average molecular weight is 407 g/mol. The molecule has 0 amide bonds. The Morgan fingerprint density at radius 1 is 0.967 bits per heavy atom. The largest absolute Gasteiger partial charge is 0.383 e. The minimum absolute atomic E-state index is 0.0383. The van der Waals surface area contributed by atoms with Crippen LogP contribution in [0.25, 0.3) is 0 Å². The lowest BCUT2D eigenvalue weighted by atomic mass is 10.0. The smallest absolute Gasteiger partial charge is 0.173 e. The fourth-order valence-electron chi connectivity index (χ4n) is 4.04. The van der Waals surface area contributed by atoms with Crippen molar-refractivity contribution < 1.29 is 4.74 Å². The summed E-state index contributed by atoms with van der Waals surface area (Å²) in [5.41, 5.74) is 3.85. The molecule has 1 aliphatic rings. The van der Waals surface area contributed by atoms with Crippen LogP contribution in [0.1, 0.15) is 28.6 Å². The van der Waals surface area contributed by atoms with Gasteiger partial charge in [0.05, 0.1) is 19.2 Å². The van der Waals surface area contributed by atoms with E-state index in [4.69, 9.17) is 4.74 Å². The fraction of sp³-hybridized carbons (Fsp3) is 0.435. The van der Waals surface area contributed by atoms with Crippen LogP contribution in [0.15, 0.2) is 54.6 Å². The quantitative estimate of drug-likeness (QED) is 0.573. The van der Waals surface area contributed by atoms with Gasteiger partial charge in [-0.15, -0.1) is 5.10 Å². The molecule has 1 atom stereocenters. The molecule has 1 aromatic heterocycles. The van der Waals surface area contributed by atoms with Gasteiger partial charge in [-0.05, 0) is 28.5 Å². The summed E-state index contributed by atoms with van der Waals surface area (Å²) < 4.78 is 7.13. The molecule has 1 saturated heterocycles. The third-order valence-electron chi connectivity index (χ3n) is 5.73. The molecule has 0 N–H and O–H groups in total. The molecule has 4 rings (SSSR count). The fourth-order valence-corrected chi connectivity index (χ4v) is 4.04. The molecule has 0 saturated carbocycles. The molecule has 7 nitrogen and oxygen atoms in total. The molecular formula is C23H30N6O. The van der Waals surface area contributed by atoms with E-state index in [1.165, 1.54) is 16.7 Å². The second kappa shape index (κ2) is 9.93. The van der Waals surface area contributed by atoms with E-state index < -0.39 is 0 Å². The highest BCUT2D eigenvalue weighted by atomic mass is 16.5. The van der Waals surface area contributed by atoms with Crippen LogP contribution in [-0.4, -0.2) is 69.9 Å². The Balaban J connectivity index is 1.52. The van der Waals surface area contributed by atoms with Crippen molar-refractivity contribution in [1.82, 2.24) is 30.0 Å². The standard InChI is InChI=1S/C23H30N6O/c1-19-8-10-21(11-9-19)22(23-24-25-26-29(23)16-17-30-2)28-14-12-27(13-15-28)18-20-6-4-3-5-7-20/h3-11,22H,12-18H2,1-2H3. The minimum Gasteiger partial charge on any atom is -0.383 e. The first kappa shape index (κ1) is 20.7. The normalized spacial score (nSPS) is 16.6. The van der Waals surface area contributed by atoms with Gasteiger partial charge in [0.1, 0.15) is 0 Å². The Morgan fingerprint density at radius 3 is 2.40 bits per heavy atom. The van der Waals surface area contributed by atoms with Gasteiger partial charge in [0.15, 0.2) is 5.82 Å². The zero-order chi connectivity index (χ0) is 20.8. The number of tetrazole rings is 1. The SMILES string of the molecule is COCCn1nnnc1C(c1ccc(C)cc1)N1CCN(Cc2ccccc2)CC1. The maximum Gasteiger partial charge on any atom is 0.173 e. The van der Waals surface area contributed by atoms with Crippen molar-refractivity contribution in [1.29, 1.82) is 0 Å². The summed E-state index contributed by atoms with van der Waals surface area (Å²) in [7, 11) is 1.70. The first-order valence-corrected chi connectivity index (χ1v) is 10.6. The van der Waals surface area contributed by atoms with Crippen LogP contribution in [-0.2, 0) is 17.8 Å². The Morgan fingerprint density at radius 2 is 1.70 bits per heavy atom. The van der Waals surface area contributed by atoms with E-state index in [0.717, 1.165) is 38.5 Å². The zero-order valence-electron chi connectivity index (χ0n) is 17.8. The van der Waals surface area contributed by atoms with E-state index in [1.807, 2.05) is 4.68 Å². The summed E-state index contributed by atoms with van der Waals surface area (Å²) in [6.07, 6.45) is 0. The highest BCUT2D eigenvalue weighted by Crippen LogP contribution is 2.28. The number of aromatic nitrogens is 4. The molecule has 0 bridgehead atoms. The summed E-state index contributed by atoms with van der Waals surface area (Å²) in [6, 6.07) is 19.5. The van der Waals surface area contributed by atoms with Crippen molar-refractivity contribution in [2.45, 2.75) is 26.1 Å². The van der Waals surface area contributed by atoms with E-state index in [-0.39, 0.29) is 6.04 Å². The van der Waals surface area contributed by atoms with Gasteiger partial charge in [0.25, 0.3) is 0 Å². The van der Waals surface area contributed by atoms with Gasteiger partial charge in [0, 0.05) is 39.8 Å². The molecule has 1 fully saturated rings. The van der Waals surface area contributed by atoms with E-state index in [9.17, 15) is 0 Å². The molecule has 1 aliphatic heterocycles. The molecule has 30 heavy (non-hydrogen) atoms. The van der Waals surface area contributed by atoms with Gasteiger partial charge in [-0.3, -0.25) is 9.80 Å². The van der Waals surface area contributed by atoms with Crippen LogP contribution in [0.3, 0.4) is 0 Å². The van der Waals surface area contributed by atoms with E-state index in [0.29, 0.717) is 13.2 Å². The summed E-state index contributed by atoms with van der Waals surface area (Å²) in [4.78, 5) is 5.02. The number of ether oxygens (including phenoxy) is 1. The van der Waals surface area contributed by atoms with Gasteiger partial charge in [-0.25, -0.2) is 4.68 Å². The number of benzene rings is 2. The third kappa shape index (κ3) is 4.92. The third-order valence-corrected chi connectivity index (χ3v) is 5.73. The lowest BCUT2D eigenvalue weighted by Crippen LogP contribution is -2.48. The van der Waals surface area contributed by atoms with Gasteiger partial charge in [-0.2, -0.15) is 0 Å². The van der Waals surface area contributed by atoms with Crippen LogP contribution in [0, 0.1) is 6.92 Å². The van der Waals surface area contributed by atoms with Gasteiger partial charge < -0.3 is 4.74 Å². The van der Waals surface area contributed by atoms with Crippen molar-refractivity contribution in [3.8, 4) is 0 Å². The molecule has 7 heteroatoms. The van der Waals surface area contributed by atoms with Crippen LogP contribution >= 0.6 is 0 Å². The van der Waals surface area contributed by atoms with Crippen LogP contribution in [0.4, 0.5) is 0 Å². The molecule has 2 aromatic carbocycles. The molecule has 2 heterocycles. The lowest BCUT2D eigenvalue weighted by molar-refractivity contribution is 0.0988. The number of aryl methyl sites for hydroxylation is 1. The number of hydrogen-bond acceptors (Lipinski definition) is 6. The van der Waals surface area contributed by atoms with E-state index >= 15 is 0 Å². The Labute approximate surface area is 178 Å². The van der Waals surface area contributed by atoms with Crippen LogP contribution in [0.5, 0.6) is 0 Å². The number of piperazine rings is 1. The van der Waals surface area contributed by atoms with Crippen molar-refractivity contribution in [2.75, 3.05) is 39.9 Å². The predicted octanol–water partition coefficient (Wildman–Crippen LogP) is 2.54. The van der Waals surface area contributed by atoms with Crippen molar-refractivity contribution in [3.63, 3.8) is 0 Å². The second-order valence-electron chi connectivity index (χ2n) is 7.86. The first-order valence-electron chi connectivity index (χ1n) is 10.6. The maximum absolute atomic E-state index is 5.25. The number of rotatable bonds is 8. The zero-order valence-corrected chi connectivity index (χ0v) is 17.8. The number of hydrogen-bond donors (Lipinski definition) is 0. The van der Waals surface area contributed by atoms with Gasteiger partial charge >= 0.3 is 0 Å². The maximum atomic E-state index is 5.25. The molecular weight excluding hydrogens is 376 g/mol. The Kier molecular flexibility index (Phi) is 6.84. The highest BCUT2D eigenvalue weighted by Gasteiger charge is 2.30. The minimum atomic E-state index is 0.0383. The summed E-state index contributed by atoms with van der Waals surface area (Å²) >= 11 is 0. The van der Waals surface area contributed by atoms with Crippen molar-refractivity contribution in [2.24, 2.45) is 0 Å². The predicted molar refractivity (Wildman–Crippen MR) is 116 cm³/mol. The average Bonchev–Trinajstić information content (AvgIpc) is 3.24. The van der Waals surface area contributed by atoms with Crippen molar-refractivity contribution >= 4 is 0 Å². The topological polar surface area (TPSA) is 59.3 Å². The number of methoxy groups -OCH3 is 1. The van der Waals surface area contributed by atoms with Crippen LogP contribution < -0.4 is 0 Å². The van der Waals surface area contributed by atoms with Crippen molar-refractivity contribution in [3.05, 3.63) is 77.1 Å². The molecule has 0 spiro atoms. The summed E-state index contributed by atoms with van der Waals surface area (Å²) in [5, 5.41) is 12.6. The first-order chi connectivity index (χ1) is 14.7. The molecule has 158 valence electrons. The number of nitrogens with zero attached hydrogens (tertiary/aromatic N) is 6. The molecule has 0 aliphatic carbocycles.